The summed E-state index contributed by atoms with van der Waals surface area (Å²) in [6, 6.07) is 8.15. The first-order chi connectivity index (χ1) is 9.79. The van der Waals surface area contributed by atoms with Gasteiger partial charge in [-0.05, 0) is 42.0 Å². The number of nitrogen functional groups attached to an aromatic ring is 1. The van der Waals surface area contributed by atoms with Crippen LogP contribution in [-0.2, 0) is 16.6 Å². The lowest BCUT2D eigenvalue weighted by atomic mass is 10.2. The summed E-state index contributed by atoms with van der Waals surface area (Å²) in [6.07, 6.45) is 0. The van der Waals surface area contributed by atoms with Gasteiger partial charge in [-0.3, -0.25) is 0 Å². The van der Waals surface area contributed by atoms with E-state index >= 15 is 0 Å². The molecule has 0 aromatic heterocycles. The van der Waals surface area contributed by atoms with E-state index in [0.717, 1.165) is 0 Å². The second-order valence-electron chi connectivity index (χ2n) is 4.25. The summed E-state index contributed by atoms with van der Waals surface area (Å²) in [5, 5.41) is 0.0285. The third-order valence-corrected chi connectivity index (χ3v) is 5.36. The van der Waals surface area contributed by atoms with Gasteiger partial charge in [-0.15, -0.1) is 0 Å². The van der Waals surface area contributed by atoms with E-state index in [9.17, 15) is 12.8 Å². The fraction of sp³-hybridized carbons (Fsp3) is 0.0769. The topological polar surface area (TPSA) is 72.2 Å². The fourth-order valence-corrected chi connectivity index (χ4v) is 3.61. The van der Waals surface area contributed by atoms with Crippen LogP contribution in [0.25, 0.3) is 0 Å². The lowest BCUT2D eigenvalue weighted by molar-refractivity contribution is 0.580. The molecule has 0 aliphatic carbocycles. The lowest BCUT2D eigenvalue weighted by Crippen LogP contribution is -2.23. The van der Waals surface area contributed by atoms with Gasteiger partial charge in [-0.2, -0.15) is 0 Å². The molecule has 0 heterocycles. The highest BCUT2D eigenvalue weighted by Crippen LogP contribution is 2.24. The van der Waals surface area contributed by atoms with Crippen molar-refractivity contribution in [3.63, 3.8) is 0 Å². The first-order valence-corrected chi connectivity index (χ1v) is 8.43. The Hall–Kier alpha value is -1.15. The predicted molar refractivity (Wildman–Crippen MR) is 84.0 cm³/mol. The molecule has 0 atom stereocenters. The third-order valence-electron chi connectivity index (χ3n) is 2.71. The van der Waals surface area contributed by atoms with Crippen LogP contribution in [0.5, 0.6) is 0 Å². The molecule has 0 aliphatic heterocycles. The standard InChI is InChI=1S/C13H11BrClFN2O2S/c14-11-3-1-9(16)5-8(11)7-18-21(19,20)13-4-2-10(17)6-12(13)15/h1-6,18H,7,17H2. The molecule has 21 heavy (non-hydrogen) atoms. The Morgan fingerprint density at radius 2 is 1.95 bits per heavy atom. The van der Waals surface area contributed by atoms with Gasteiger partial charge in [0.1, 0.15) is 10.7 Å². The van der Waals surface area contributed by atoms with E-state index in [2.05, 4.69) is 20.7 Å². The molecule has 0 bridgehead atoms. The van der Waals surface area contributed by atoms with E-state index in [-0.39, 0.29) is 16.5 Å². The van der Waals surface area contributed by atoms with Crippen molar-refractivity contribution in [2.24, 2.45) is 0 Å². The highest BCUT2D eigenvalue weighted by molar-refractivity contribution is 9.10. The van der Waals surface area contributed by atoms with Gasteiger partial charge in [0.15, 0.2) is 0 Å². The van der Waals surface area contributed by atoms with Gasteiger partial charge in [-0.1, -0.05) is 27.5 Å². The molecule has 0 aliphatic rings. The minimum absolute atomic E-state index is 0.0285. The van der Waals surface area contributed by atoms with Crippen LogP contribution in [-0.4, -0.2) is 8.42 Å². The Balaban J connectivity index is 2.24. The molecule has 0 saturated heterocycles. The van der Waals surface area contributed by atoms with Crippen molar-refractivity contribution < 1.29 is 12.8 Å². The number of anilines is 1. The quantitative estimate of drug-likeness (QED) is 0.783. The molecule has 0 unspecified atom stereocenters. The highest BCUT2D eigenvalue weighted by Gasteiger charge is 2.18. The van der Waals surface area contributed by atoms with Crippen LogP contribution in [0.4, 0.5) is 10.1 Å². The Kier molecular flexibility index (Phi) is 4.88. The molecule has 2 rings (SSSR count). The number of rotatable bonds is 4. The molecule has 3 N–H and O–H groups in total. The predicted octanol–water partition coefficient (Wildman–Crippen LogP) is 3.30. The van der Waals surface area contributed by atoms with Gasteiger partial charge in [-0.25, -0.2) is 17.5 Å². The second kappa shape index (κ2) is 6.31. The van der Waals surface area contributed by atoms with Crippen molar-refractivity contribution >= 4 is 43.2 Å². The zero-order chi connectivity index (χ0) is 15.6. The van der Waals surface area contributed by atoms with Gasteiger partial charge < -0.3 is 5.73 Å². The summed E-state index contributed by atoms with van der Waals surface area (Å²) < 4.78 is 40.5. The van der Waals surface area contributed by atoms with Crippen molar-refractivity contribution in [1.82, 2.24) is 4.72 Å². The number of nitrogens with one attached hydrogen (secondary N) is 1. The average Bonchev–Trinajstić information content (AvgIpc) is 2.39. The number of nitrogens with two attached hydrogens (primary N) is 1. The van der Waals surface area contributed by atoms with E-state index in [4.69, 9.17) is 17.3 Å². The molecule has 2 aromatic rings. The maximum absolute atomic E-state index is 13.2. The van der Waals surface area contributed by atoms with Crippen LogP contribution in [0.3, 0.4) is 0 Å². The van der Waals surface area contributed by atoms with Crippen molar-refractivity contribution in [1.29, 1.82) is 0 Å². The number of benzene rings is 2. The fourth-order valence-electron chi connectivity index (χ4n) is 1.66. The first kappa shape index (κ1) is 16.2. The van der Waals surface area contributed by atoms with Gasteiger partial charge >= 0.3 is 0 Å². The van der Waals surface area contributed by atoms with Crippen LogP contribution in [0.15, 0.2) is 45.8 Å². The van der Waals surface area contributed by atoms with Crippen molar-refractivity contribution in [3.05, 3.63) is 57.3 Å². The summed E-state index contributed by atoms with van der Waals surface area (Å²) in [6.45, 7) is -0.0681. The summed E-state index contributed by atoms with van der Waals surface area (Å²) in [5.41, 5.74) is 6.37. The largest absolute Gasteiger partial charge is 0.399 e. The summed E-state index contributed by atoms with van der Waals surface area (Å²) in [7, 11) is -3.82. The summed E-state index contributed by atoms with van der Waals surface area (Å²) >= 11 is 9.12. The lowest BCUT2D eigenvalue weighted by Gasteiger charge is -2.10. The SMILES string of the molecule is Nc1ccc(S(=O)(=O)NCc2cc(F)ccc2Br)c(Cl)c1. The van der Waals surface area contributed by atoms with Crippen LogP contribution >= 0.6 is 27.5 Å². The molecule has 0 amide bonds. The average molecular weight is 394 g/mol. The minimum Gasteiger partial charge on any atom is -0.399 e. The van der Waals surface area contributed by atoms with Gasteiger partial charge in [0.25, 0.3) is 0 Å². The third kappa shape index (κ3) is 3.94. The normalized spacial score (nSPS) is 11.6. The maximum Gasteiger partial charge on any atom is 0.242 e. The minimum atomic E-state index is -3.82. The maximum atomic E-state index is 13.2. The number of sulfonamides is 1. The Labute approximate surface area is 135 Å². The number of hydrogen-bond acceptors (Lipinski definition) is 3. The van der Waals surface area contributed by atoms with Crippen LogP contribution in [0, 0.1) is 5.82 Å². The van der Waals surface area contributed by atoms with Crippen LogP contribution in [0.2, 0.25) is 5.02 Å². The molecule has 0 saturated carbocycles. The molecule has 0 radical (unpaired) electrons. The first-order valence-electron chi connectivity index (χ1n) is 5.78. The monoisotopic (exact) mass is 392 g/mol. The van der Waals surface area contributed by atoms with Crippen LogP contribution < -0.4 is 10.5 Å². The molecule has 8 heteroatoms. The molecule has 0 spiro atoms. The molecule has 4 nitrogen and oxygen atoms in total. The van der Waals surface area contributed by atoms with E-state index < -0.39 is 15.8 Å². The Morgan fingerprint density at radius 3 is 2.62 bits per heavy atom. The van der Waals surface area contributed by atoms with Crippen molar-refractivity contribution in [2.75, 3.05) is 5.73 Å². The zero-order valence-electron chi connectivity index (χ0n) is 10.6. The van der Waals surface area contributed by atoms with Gasteiger partial charge in [0.05, 0.1) is 5.02 Å². The molecular formula is C13H11BrClFN2O2S. The zero-order valence-corrected chi connectivity index (χ0v) is 13.8. The van der Waals surface area contributed by atoms with Gasteiger partial charge in [0, 0.05) is 16.7 Å². The summed E-state index contributed by atoms with van der Waals surface area (Å²) in [4.78, 5) is -0.0779. The van der Waals surface area contributed by atoms with Crippen LogP contribution in [0.1, 0.15) is 5.56 Å². The highest BCUT2D eigenvalue weighted by atomic mass is 79.9. The van der Waals surface area contributed by atoms with Crippen molar-refractivity contribution in [3.8, 4) is 0 Å². The smallest absolute Gasteiger partial charge is 0.242 e. The number of halogens is 3. The van der Waals surface area contributed by atoms with E-state index in [0.29, 0.717) is 15.7 Å². The number of hydrogen-bond donors (Lipinski definition) is 2. The summed E-state index contributed by atoms with van der Waals surface area (Å²) in [5.74, 6) is -0.446. The van der Waals surface area contributed by atoms with Crippen molar-refractivity contribution in [2.45, 2.75) is 11.4 Å². The molecule has 112 valence electrons. The van der Waals surface area contributed by atoms with E-state index in [1.807, 2.05) is 0 Å². The van der Waals surface area contributed by atoms with E-state index in [1.54, 1.807) is 0 Å². The van der Waals surface area contributed by atoms with Gasteiger partial charge in [0.2, 0.25) is 10.0 Å². The second-order valence-corrected chi connectivity index (χ2v) is 7.25. The Morgan fingerprint density at radius 1 is 1.24 bits per heavy atom. The molecule has 2 aromatic carbocycles. The van der Waals surface area contributed by atoms with E-state index in [1.165, 1.54) is 36.4 Å². The molecule has 0 fully saturated rings. The Bertz CT molecular complexity index is 784. The molecular weight excluding hydrogens is 383 g/mol.